The summed E-state index contributed by atoms with van der Waals surface area (Å²) in [7, 11) is 0. The first-order valence-electron chi connectivity index (χ1n) is 28.0. The number of hydrogen-bond donors (Lipinski definition) is 0. The first-order valence-corrected chi connectivity index (χ1v) is 28.0. The summed E-state index contributed by atoms with van der Waals surface area (Å²) in [6.07, 6.45) is 13.0. The van der Waals surface area contributed by atoms with Crippen LogP contribution in [0.3, 0.4) is 0 Å². The quantitative estimate of drug-likeness (QED) is 0.140. The lowest BCUT2D eigenvalue weighted by molar-refractivity contribution is 0.443. The predicted molar refractivity (Wildman–Crippen MR) is 318 cm³/mol. The Morgan fingerprint density at radius 1 is 0.387 bits per heavy atom. The van der Waals surface area contributed by atoms with Gasteiger partial charge in [-0.05, 0) is 170 Å². The van der Waals surface area contributed by atoms with Gasteiger partial charge < -0.3 is 9.47 Å². The molecule has 0 spiro atoms. The van der Waals surface area contributed by atoms with Crippen molar-refractivity contribution in [2.24, 2.45) is 0 Å². The fraction of sp³-hybridized carbons (Fsp3) is 0.205. The molecule has 3 aliphatic rings. The van der Waals surface area contributed by atoms with Gasteiger partial charge in [-0.3, -0.25) is 0 Å². The van der Waals surface area contributed by atoms with E-state index >= 15 is 0 Å². The van der Waals surface area contributed by atoms with Gasteiger partial charge in [0.05, 0.1) is 16.7 Å². The molecule has 0 unspecified atom stereocenters. The summed E-state index contributed by atoms with van der Waals surface area (Å²) >= 11 is 0. The Kier molecular flexibility index (Phi) is 11.4. The van der Waals surface area contributed by atoms with Gasteiger partial charge in [0.2, 0.25) is 0 Å². The Balaban J connectivity index is 0.991. The highest BCUT2D eigenvalue weighted by molar-refractivity contribution is 6.13. The molecule has 0 saturated heterocycles. The van der Waals surface area contributed by atoms with E-state index in [0.29, 0.717) is 11.8 Å². The minimum absolute atomic E-state index is 0.0941. The third-order valence-electron chi connectivity index (χ3n) is 17.8. The van der Waals surface area contributed by atoms with E-state index in [2.05, 4.69) is 242 Å². The zero-order valence-electron chi connectivity index (χ0n) is 43.4. The van der Waals surface area contributed by atoms with Crippen molar-refractivity contribution < 1.29 is 0 Å². The number of para-hydroxylation sites is 1. The topological polar surface area (TPSA) is 8.17 Å². The number of anilines is 3. The van der Waals surface area contributed by atoms with Crippen LogP contribution in [-0.4, -0.2) is 4.57 Å². The van der Waals surface area contributed by atoms with Crippen molar-refractivity contribution in [2.75, 3.05) is 4.90 Å². The monoisotopic (exact) mass is 969 g/mol. The summed E-state index contributed by atoms with van der Waals surface area (Å²) in [5.41, 5.74) is 22.9. The molecule has 14 rings (SSSR count). The number of fused-ring (bicyclic) bond motifs is 7. The first kappa shape index (κ1) is 45.7. The highest BCUT2D eigenvalue weighted by Crippen LogP contribution is 2.54. The van der Waals surface area contributed by atoms with Gasteiger partial charge in [-0.25, -0.2) is 0 Å². The normalized spacial score (nSPS) is 15.6. The van der Waals surface area contributed by atoms with Crippen molar-refractivity contribution >= 4 is 49.6 Å². The van der Waals surface area contributed by atoms with Crippen molar-refractivity contribution in [1.82, 2.24) is 4.57 Å². The standard InChI is InChI=1S/C73H64N2/c1-73(2)67-31-16-14-28-61(67)65-47-59(42-43-68(65)73)74(57-40-37-53(38-41-57)52-35-33-51(34-36-52)49-19-6-3-7-20-49)71-48-64(54-23-10-5-11-24-54)60-27-12-13-30-63(60)72(71)56-39-44-70-66(46-56)62-29-15-17-32-69(62)75(70)58-26-18-25-55(45-58)50-21-8-4-9-22-50/h4,8-9,12-18,21-22,25-49,54H,3,5-7,10-11,19-20,23-24H2,1-2H3. The van der Waals surface area contributed by atoms with Crippen LogP contribution in [0.1, 0.15) is 112 Å². The van der Waals surface area contributed by atoms with Crippen LogP contribution in [0.25, 0.3) is 82.8 Å². The van der Waals surface area contributed by atoms with E-state index in [1.165, 1.54) is 175 Å². The molecule has 2 saturated carbocycles. The molecule has 1 aromatic heterocycles. The van der Waals surface area contributed by atoms with Gasteiger partial charge in [0.25, 0.3) is 0 Å². The van der Waals surface area contributed by atoms with Crippen LogP contribution >= 0.6 is 0 Å². The van der Waals surface area contributed by atoms with Gasteiger partial charge >= 0.3 is 0 Å². The molecule has 2 nitrogen and oxygen atoms in total. The van der Waals surface area contributed by atoms with Gasteiger partial charge in [0.15, 0.2) is 0 Å². The van der Waals surface area contributed by atoms with E-state index in [4.69, 9.17) is 0 Å². The molecule has 0 N–H and O–H groups in total. The minimum Gasteiger partial charge on any atom is -0.310 e. The lowest BCUT2D eigenvalue weighted by atomic mass is 9.80. The highest BCUT2D eigenvalue weighted by atomic mass is 15.1. The van der Waals surface area contributed by atoms with E-state index in [1.54, 1.807) is 0 Å². The third-order valence-corrected chi connectivity index (χ3v) is 17.8. The summed E-state index contributed by atoms with van der Waals surface area (Å²) in [6, 6.07) is 83.4. The van der Waals surface area contributed by atoms with Crippen LogP contribution in [-0.2, 0) is 5.41 Å². The summed E-state index contributed by atoms with van der Waals surface area (Å²) in [4.78, 5) is 2.61. The second-order valence-corrected chi connectivity index (χ2v) is 22.5. The summed E-state index contributed by atoms with van der Waals surface area (Å²) in [6.45, 7) is 4.78. The molecular weight excluding hydrogens is 905 g/mol. The van der Waals surface area contributed by atoms with Crippen molar-refractivity contribution in [1.29, 1.82) is 0 Å². The summed E-state index contributed by atoms with van der Waals surface area (Å²) in [5.74, 6) is 1.19. The van der Waals surface area contributed by atoms with Gasteiger partial charge in [0, 0.05) is 38.8 Å². The average molecular weight is 969 g/mol. The summed E-state index contributed by atoms with van der Waals surface area (Å²) < 4.78 is 2.47. The van der Waals surface area contributed by atoms with Crippen molar-refractivity contribution in [3.8, 4) is 50.2 Å². The van der Waals surface area contributed by atoms with Crippen LogP contribution in [0, 0.1) is 0 Å². The summed E-state index contributed by atoms with van der Waals surface area (Å²) in [5, 5.41) is 5.19. The molecule has 2 heteroatoms. The van der Waals surface area contributed by atoms with Crippen LogP contribution in [0.5, 0.6) is 0 Å². The SMILES string of the molecule is CC1(C)c2ccccc2-c2cc(N(c3ccc(-c4ccc(C5CCCCC5)cc4)cc3)c3cc(C4CCCCC4)c4ccccc4c3-c3ccc4c(c3)c3ccccc3n4-c3cccc(-c4ccccc4)c3)ccc21. The molecule has 0 amide bonds. The van der Waals surface area contributed by atoms with E-state index in [1.807, 2.05) is 0 Å². The smallest absolute Gasteiger partial charge is 0.0549 e. The Morgan fingerprint density at radius 3 is 1.75 bits per heavy atom. The third kappa shape index (κ3) is 7.92. The molecule has 0 atom stereocenters. The molecule has 75 heavy (non-hydrogen) atoms. The molecule has 10 aromatic carbocycles. The number of hydrogen-bond acceptors (Lipinski definition) is 1. The van der Waals surface area contributed by atoms with Crippen molar-refractivity contribution in [3.05, 3.63) is 241 Å². The van der Waals surface area contributed by atoms with Crippen molar-refractivity contribution in [2.45, 2.75) is 95.3 Å². The van der Waals surface area contributed by atoms with Gasteiger partial charge in [0.1, 0.15) is 0 Å². The second-order valence-electron chi connectivity index (χ2n) is 22.5. The second kappa shape index (κ2) is 18.8. The predicted octanol–water partition coefficient (Wildman–Crippen LogP) is 20.8. The molecule has 0 aliphatic heterocycles. The zero-order valence-corrected chi connectivity index (χ0v) is 43.4. The van der Waals surface area contributed by atoms with Crippen LogP contribution in [0.2, 0.25) is 0 Å². The molecule has 366 valence electrons. The Labute approximate surface area is 443 Å². The van der Waals surface area contributed by atoms with Crippen LogP contribution < -0.4 is 4.90 Å². The average Bonchev–Trinajstić information content (AvgIpc) is 3.93. The molecule has 3 aliphatic carbocycles. The van der Waals surface area contributed by atoms with E-state index in [9.17, 15) is 0 Å². The molecule has 0 bridgehead atoms. The van der Waals surface area contributed by atoms with Crippen LogP contribution in [0.15, 0.2) is 218 Å². The van der Waals surface area contributed by atoms with E-state index in [0.717, 1.165) is 11.4 Å². The van der Waals surface area contributed by atoms with Crippen molar-refractivity contribution in [3.63, 3.8) is 0 Å². The van der Waals surface area contributed by atoms with Gasteiger partial charge in [-0.2, -0.15) is 0 Å². The largest absolute Gasteiger partial charge is 0.310 e. The number of aromatic nitrogens is 1. The zero-order chi connectivity index (χ0) is 50.0. The lowest BCUT2D eigenvalue weighted by Crippen LogP contribution is -2.16. The van der Waals surface area contributed by atoms with Gasteiger partial charge in [-0.1, -0.05) is 210 Å². The minimum atomic E-state index is -0.0941. The van der Waals surface area contributed by atoms with Crippen LogP contribution in [0.4, 0.5) is 17.1 Å². The number of benzene rings is 10. The number of rotatable bonds is 9. The fourth-order valence-electron chi connectivity index (χ4n) is 13.9. The molecular formula is C73H64N2. The molecule has 2 fully saturated rings. The maximum atomic E-state index is 2.62. The maximum absolute atomic E-state index is 2.62. The lowest BCUT2D eigenvalue weighted by Gasteiger charge is -2.32. The van der Waals surface area contributed by atoms with E-state index < -0.39 is 0 Å². The molecule has 11 aromatic rings. The van der Waals surface area contributed by atoms with E-state index in [-0.39, 0.29) is 5.41 Å². The first-order chi connectivity index (χ1) is 37.0. The Hall–Kier alpha value is -7.94. The van der Waals surface area contributed by atoms with Gasteiger partial charge in [-0.15, -0.1) is 0 Å². The number of nitrogens with zero attached hydrogens (tertiary/aromatic N) is 2. The molecule has 0 radical (unpaired) electrons. The Bertz CT molecular complexity index is 3920. The fourth-order valence-corrected chi connectivity index (χ4v) is 13.9. The highest BCUT2D eigenvalue weighted by Gasteiger charge is 2.36. The maximum Gasteiger partial charge on any atom is 0.0549 e. The molecule has 1 heterocycles. The Morgan fingerprint density at radius 2 is 0.973 bits per heavy atom.